The van der Waals surface area contributed by atoms with Gasteiger partial charge in [-0.3, -0.25) is 14.4 Å². The molecule has 0 saturated carbocycles. The Morgan fingerprint density at radius 2 is 1.83 bits per heavy atom. The maximum Gasteiger partial charge on any atom is 0.405 e. The molecule has 0 aromatic carbocycles. The average Bonchev–Trinajstić information content (AvgIpc) is 2.93. The molecule has 0 radical (unpaired) electrons. The van der Waals surface area contributed by atoms with Crippen LogP contribution in [0, 0.1) is 11.8 Å². The third-order valence-electron chi connectivity index (χ3n) is 7.01. The first kappa shape index (κ1) is 33.6. The van der Waals surface area contributed by atoms with Crippen molar-refractivity contribution in [2.24, 2.45) is 17.6 Å². The smallest absolute Gasteiger partial charge is 0.405 e. The number of ketones is 2. The van der Waals surface area contributed by atoms with Gasteiger partial charge in [0, 0.05) is 37.4 Å². The van der Waals surface area contributed by atoms with E-state index in [4.69, 9.17) is 24.7 Å². The molecular weight excluding hydrogens is 536 g/mol. The van der Waals surface area contributed by atoms with Crippen LogP contribution in [-0.2, 0) is 33.3 Å². The van der Waals surface area contributed by atoms with Gasteiger partial charge >= 0.3 is 6.09 Å². The van der Waals surface area contributed by atoms with Gasteiger partial charge in [0.05, 0.1) is 31.6 Å². The molecule has 12 nitrogen and oxygen atoms in total. The maximum absolute atomic E-state index is 13.3. The lowest BCUT2D eigenvalue weighted by atomic mass is 9.85. The fourth-order valence-electron chi connectivity index (χ4n) is 4.80. The van der Waals surface area contributed by atoms with Gasteiger partial charge in [-0.2, -0.15) is 0 Å². The molecule has 2 amide bonds. The molecule has 12 heteroatoms. The summed E-state index contributed by atoms with van der Waals surface area (Å²) >= 11 is 0. The molecule has 41 heavy (non-hydrogen) atoms. The fraction of sp³-hybridized carbons (Fsp3) is 0.517. The Balaban J connectivity index is 2.64. The van der Waals surface area contributed by atoms with E-state index in [0.29, 0.717) is 5.57 Å². The highest BCUT2D eigenvalue weighted by Gasteiger charge is 2.34. The van der Waals surface area contributed by atoms with Crippen molar-refractivity contribution < 1.29 is 48.3 Å². The van der Waals surface area contributed by atoms with E-state index in [0.717, 1.165) is 6.08 Å². The van der Waals surface area contributed by atoms with E-state index in [1.54, 1.807) is 13.0 Å². The van der Waals surface area contributed by atoms with Crippen LogP contribution in [0.25, 0.3) is 0 Å². The van der Waals surface area contributed by atoms with Crippen molar-refractivity contribution in [2.45, 2.75) is 58.0 Å². The molecular formula is C29H40N2O10. The van der Waals surface area contributed by atoms with E-state index in [9.17, 15) is 29.4 Å². The number of carbonyl (C=O) groups is 4. The van der Waals surface area contributed by atoms with Crippen molar-refractivity contribution in [1.29, 1.82) is 0 Å². The predicted octanol–water partition coefficient (Wildman–Crippen LogP) is 1.38. The van der Waals surface area contributed by atoms with Gasteiger partial charge in [0.15, 0.2) is 11.9 Å². The SMILES string of the molecule is COC1=C2C[C@@H](C)C[C@H](OC)[C@H](O)[C@@H](CO)/C=C(\C)[C@H](OC(N)=O)[C@@H](OC)/C=C\C=C(/C)C(=O)NC(=CC1=O)C2=O. The van der Waals surface area contributed by atoms with Crippen LogP contribution in [0.15, 0.2) is 58.6 Å². The van der Waals surface area contributed by atoms with Crippen LogP contribution in [0.3, 0.4) is 0 Å². The largest absolute Gasteiger partial charge is 0.492 e. The highest BCUT2D eigenvalue weighted by Crippen LogP contribution is 2.29. The molecule has 226 valence electrons. The molecule has 1 aliphatic heterocycles. The van der Waals surface area contributed by atoms with E-state index >= 15 is 0 Å². The zero-order valence-electron chi connectivity index (χ0n) is 24.2. The normalized spacial score (nSPS) is 32.2. The van der Waals surface area contributed by atoms with Crippen LogP contribution in [0.2, 0.25) is 0 Å². The maximum atomic E-state index is 13.3. The zero-order chi connectivity index (χ0) is 30.9. The van der Waals surface area contributed by atoms with E-state index in [1.807, 2.05) is 6.92 Å². The van der Waals surface area contributed by atoms with Gasteiger partial charge in [-0.1, -0.05) is 31.2 Å². The summed E-state index contributed by atoms with van der Waals surface area (Å²) in [6, 6.07) is 0. The monoisotopic (exact) mass is 576 g/mol. The minimum absolute atomic E-state index is 0.0911. The lowest BCUT2D eigenvalue weighted by Gasteiger charge is -2.30. The van der Waals surface area contributed by atoms with Crippen LogP contribution in [0.4, 0.5) is 4.79 Å². The lowest BCUT2D eigenvalue weighted by molar-refractivity contribution is -0.120. The number of nitrogens with one attached hydrogen (secondary N) is 1. The summed E-state index contributed by atoms with van der Waals surface area (Å²) in [7, 11) is 4.08. The van der Waals surface area contributed by atoms with Crippen LogP contribution in [0.1, 0.15) is 33.6 Å². The molecule has 0 spiro atoms. The lowest BCUT2D eigenvalue weighted by Crippen LogP contribution is -2.39. The molecule has 1 heterocycles. The fourth-order valence-corrected chi connectivity index (χ4v) is 4.80. The number of fused-ring (bicyclic) bond motifs is 2. The summed E-state index contributed by atoms with van der Waals surface area (Å²) in [6.45, 7) is 4.50. The first-order valence-electron chi connectivity index (χ1n) is 13.1. The minimum atomic E-state index is -1.20. The van der Waals surface area contributed by atoms with Crippen LogP contribution in [-0.4, -0.2) is 86.1 Å². The molecule has 0 saturated heterocycles. The number of hydrogen-bond acceptors (Lipinski definition) is 10. The first-order valence-corrected chi connectivity index (χ1v) is 13.1. The number of ether oxygens (including phenoxy) is 4. The molecule has 2 aliphatic rings. The quantitative estimate of drug-likeness (QED) is 0.275. The van der Waals surface area contributed by atoms with E-state index in [1.165, 1.54) is 46.5 Å². The predicted molar refractivity (Wildman–Crippen MR) is 148 cm³/mol. The molecule has 0 aromatic heterocycles. The van der Waals surface area contributed by atoms with E-state index in [2.05, 4.69) is 5.32 Å². The average molecular weight is 577 g/mol. The van der Waals surface area contributed by atoms with Crippen LogP contribution >= 0.6 is 0 Å². The number of Topliss-reactive ketones (excluding diaryl/α,β-unsaturated/α-hetero) is 1. The third kappa shape index (κ3) is 8.70. The van der Waals surface area contributed by atoms with Gasteiger partial charge in [-0.25, -0.2) is 4.79 Å². The molecule has 6 atom stereocenters. The van der Waals surface area contributed by atoms with Gasteiger partial charge in [0.25, 0.3) is 5.91 Å². The number of amides is 2. The summed E-state index contributed by atoms with van der Waals surface area (Å²) in [5.41, 5.74) is 5.86. The number of rotatable bonds is 5. The number of methoxy groups -OCH3 is 3. The summed E-state index contributed by atoms with van der Waals surface area (Å²) in [6.07, 6.45) is 2.46. The van der Waals surface area contributed by atoms with Crippen molar-refractivity contribution in [2.75, 3.05) is 27.9 Å². The summed E-state index contributed by atoms with van der Waals surface area (Å²) < 4.78 is 21.6. The Morgan fingerprint density at radius 3 is 2.39 bits per heavy atom. The molecule has 0 aromatic rings. The topological polar surface area (TPSA) is 184 Å². The standard InChI is InChI=1S/C29H40N2O10/c1-15-10-19-25(35)20(13-21(33)27(19)40-6)31-28(36)16(2)8-7-9-22(38-4)26(41-29(30)37)17(3)12-18(14-32)24(34)23(11-15)39-5/h7-9,12-13,15,18,22-24,26,32,34H,10-11,14H2,1-6H3,(H2,30,37)(H,31,36)/b9-7-,16-8+,17-12+/t15-,18-,22+,23+,24-,26+/m1/s1. The summed E-state index contributed by atoms with van der Waals surface area (Å²) in [5.74, 6) is -2.99. The number of aliphatic hydroxyl groups is 2. The summed E-state index contributed by atoms with van der Waals surface area (Å²) in [4.78, 5) is 50.7. The Kier molecular flexibility index (Phi) is 12.7. The van der Waals surface area contributed by atoms with Crippen LogP contribution in [0.5, 0.6) is 0 Å². The van der Waals surface area contributed by atoms with Crippen LogP contribution < -0.4 is 11.1 Å². The first-order chi connectivity index (χ1) is 19.4. The molecule has 0 unspecified atom stereocenters. The molecule has 0 fully saturated rings. The zero-order valence-corrected chi connectivity index (χ0v) is 24.2. The van der Waals surface area contributed by atoms with Gasteiger partial charge in [0.1, 0.15) is 6.10 Å². The van der Waals surface area contributed by atoms with Crippen molar-refractivity contribution in [1.82, 2.24) is 5.32 Å². The Hall–Kier alpha value is -3.58. The number of allylic oxidation sites excluding steroid dienone is 4. The second-order valence-corrected chi connectivity index (χ2v) is 10.1. The van der Waals surface area contributed by atoms with Gasteiger partial charge in [-0.05, 0) is 38.2 Å². The number of carbonyl (C=O) groups excluding carboxylic acids is 4. The van der Waals surface area contributed by atoms with E-state index < -0.39 is 60.5 Å². The number of primary amides is 1. The van der Waals surface area contributed by atoms with Gasteiger partial charge in [-0.15, -0.1) is 0 Å². The van der Waals surface area contributed by atoms with Crippen molar-refractivity contribution in [3.05, 3.63) is 58.6 Å². The molecule has 2 rings (SSSR count). The Bertz CT molecular complexity index is 1170. The second-order valence-electron chi connectivity index (χ2n) is 10.1. The highest BCUT2D eigenvalue weighted by atomic mass is 16.6. The van der Waals surface area contributed by atoms with Crippen molar-refractivity contribution in [3.8, 4) is 0 Å². The molecule has 2 bridgehead atoms. The second kappa shape index (κ2) is 15.4. The number of aliphatic hydroxyl groups excluding tert-OH is 2. The molecule has 1 aliphatic carbocycles. The number of nitrogens with two attached hydrogens (primary N) is 1. The highest BCUT2D eigenvalue weighted by molar-refractivity contribution is 6.23. The summed E-state index contributed by atoms with van der Waals surface area (Å²) in [5, 5.41) is 23.8. The third-order valence-corrected chi connectivity index (χ3v) is 7.01. The number of hydrogen-bond donors (Lipinski definition) is 4. The van der Waals surface area contributed by atoms with Gasteiger partial charge in [0.2, 0.25) is 11.6 Å². The molecule has 5 N–H and O–H groups in total. The Morgan fingerprint density at radius 1 is 1.15 bits per heavy atom. The van der Waals surface area contributed by atoms with Gasteiger partial charge < -0.3 is 40.2 Å². The Labute approximate surface area is 239 Å². The minimum Gasteiger partial charge on any atom is -0.492 e. The van der Waals surface area contributed by atoms with Crippen molar-refractivity contribution in [3.63, 3.8) is 0 Å². The van der Waals surface area contributed by atoms with Crippen molar-refractivity contribution >= 4 is 23.6 Å². The van der Waals surface area contributed by atoms with E-state index in [-0.39, 0.29) is 41.4 Å².